The number of carboxylic acid groups (broad SMARTS) is 1. The van der Waals surface area contributed by atoms with Crippen LogP contribution in [-0.4, -0.2) is 21.0 Å². The molecule has 0 unspecified atom stereocenters. The molecule has 1 aromatic heterocycles. The largest absolute Gasteiger partial charge is 0.478 e. The number of hydrogen-bond donors (Lipinski definition) is 2. The highest BCUT2D eigenvalue weighted by Gasteiger charge is 2.14. The van der Waals surface area contributed by atoms with E-state index in [9.17, 15) is 4.79 Å². The summed E-state index contributed by atoms with van der Waals surface area (Å²) in [6.45, 7) is 1.90. The minimum absolute atomic E-state index is 0.177. The number of hydrogen-bond acceptors (Lipinski definition) is 5. The van der Waals surface area contributed by atoms with Crippen molar-refractivity contribution in [1.29, 1.82) is 0 Å². The van der Waals surface area contributed by atoms with Gasteiger partial charge < -0.3 is 15.6 Å². The minimum Gasteiger partial charge on any atom is -0.478 e. The third kappa shape index (κ3) is 3.74. The Morgan fingerprint density at radius 2 is 1.92 bits per heavy atom. The zero-order valence-electron chi connectivity index (χ0n) is 13.6. The number of anilines is 1. The Kier molecular flexibility index (Phi) is 4.61. The van der Waals surface area contributed by atoms with Gasteiger partial charge in [-0.25, -0.2) is 14.8 Å². The van der Waals surface area contributed by atoms with Gasteiger partial charge in [0, 0.05) is 5.56 Å². The van der Waals surface area contributed by atoms with Gasteiger partial charge in [0.15, 0.2) is 5.82 Å². The van der Waals surface area contributed by atoms with Gasteiger partial charge in [0.1, 0.15) is 6.10 Å². The first-order chi connectivity index (χ1) is 12.0. The summed E-state index contributed by atoms with van der Waals surface area (Å²) in [5.74, 6) is -0.602. The summed E-state index contributed by atoms with van der Waals surface area (Å²) in [7, 11) is 0. The number of carboxylic acids is 1. The van der Waals surface area contributed by atoms with E-state index in [4.69, 9.17) is 15.6 Å². The van der Waals surface area contributed by atoms with Crippen molar-refractivity contribution in [3.63, 3.8) is 0 Å². The maximum absolute atomic E-state index is 11.1. The van der Waals surface area contributed by atoms with Crippen molar-refractivity contribution in [2.24, 2.45) is 0 Å². The molecule has 0 saturated carbocycles. The molecular formula is C19H17N3O3. The van der Waals surface area contributed by atoms with Gasteiger partial charge >= 0.3 is 5.97 Å². The molecule has 0 aliphatic carbocycles. The van der Waals surface area contributed by atoms with Crippen molar-refractivity contribution in [3.8, 4) is 17.1 Å². The molecule has 0 bridgehead atoms. The maximum Gasteiger partial charge on any atom is 0.335 e. The summed E-state index contributed by atoms with van der Waals surface area (Å²) in [5, 5.41) is 9.12. The highest BCUT2D eigenvalue weighted by atomic mass is 16.5. The van der Waals surface area contributed by atoms with Crippen molar-refractivity contribution in [2.45, 2.75) is 13.0 Å². The third-order valence-corrected chi connectivity index (χ3v) is 3.73. The van der Waals surface area contributed by atoms with Crippen LogP contribution in [0.2, 0.25) is 0 Å². The summed E-state index contributed by atoms with van der Waals surface area (Å²) in [4.78, 5) is 19.7. The molecule has 6 nitrogen and oxygen atoms in total. The van der Waals surface area contributed by atoms with Gasteiger partial charge in [0.05, 0.1) is 17.5 Å². The van der Waals surface area contributed by atoms with Gasteiger partial charge in [0.25, 0.3) is 5.88 Å². The highest BCUT2D eigenvalue weighted by Crippen LogP contribution is 2.27. The molecule has 2 aromatic carbocycles. The van der Waals surface area contributed by atoms with Crippen LogP contribution in [0, 0.1) is 0 Å². The van der Waals surface area contributed by atoms with Gasteiger partial charge in [-0.2, -0.15) is 0 Å². The van der Waals surface area contributed by atoms with Crippen molar-refractivity contribution in [3.05, 3.63) is 71.9 Å². The van der Waals surface area contributed by atoms with E-state index >= 15 is 0 Å². The van der Waals surface area contributed by atoms with Crippen LogP contribution in [-0.2, 0) is 0 Å². The van der Waals surface area contributed by atoms with Crippen molar-refractivity contribution in [2.75, 3.05) is 5.73 Å². The number of rotatable bonds is 5. The molecule has 126 valence electrons. The Morgan fingerprint density at radius 1 is 1.16 bits per heavy atom. The zero-order chi connectivity index (χ0) is 17.8. The van der Waals surface area contributed by atoms with Crippen LogP contribution in [0.4, 0.5) is 5.82 Å². The topological polar surface area (TPSA) is 98.3 Å². The molecule has 6 heteroatoms. The fraction of sp³-hybridized carbons (Fsp3) is 0.105. The Labute approximate surface area is 144 Å². The van der Waals surface area contributed by atoms with Gasteiger partial charge in [-0.15, -0.1) is 0 Å². The molecule has 0 aliphatic rings. The van der Waals surface area contributed by atoms with E-state index in [1.807, 2.05) is 37.3 Å². The SMILES string of the molecule is C[C@@H](Oc1nc(-c2cccc(C(=O)O)c2)cnc1N)c1ccccc1. The molecule has 3 aromatic rings. The standard InChI is InChI=1S/C19H17N3O3/c1-12(13-6-3-2-4-7-13)25-18-17(20)21-11-16(22-18)14-8-5-9-15(10-14)19(23)24/h2-12H,1H3,(H2,20,21)(H,23,24)/t12-/m1/s1. The molecule has 25 heavy (non-hydrogen) atoms. The minimum atomic E-state index is -1.00. The average molecular weight is 335 g/mol. The predicted molar refractivity (Wildman–Crippen MR) is 94.3 cm³/mol. The lowest BCUT2D eigenvalue weighted by atomic mass is 10.1. The second-order valence-corrected chi connectivity index (χ2v) is 5.50. The number of nitrogens with two attached hydrogens (primary N) is 1. The molecule has 0 saturated heterocycles. The summed E-state index contributed by atoms with van der Waals surface area (Å²) in [5.41, 5.74) is 8.17. The van der Waals surface area contributed by atoms with Crippen LogP contribution in [0.15, 0.2) is 60.8 Å². The molecule has 0 radical (unpaired) electrons. The monoisotopic (exact) mass is 335 g/mol. The number of aromatic carboxylic acids is 1. The quantitative estimate of drug-likeness (QED) is 0.739. The second kappa shape index (κ2) is 7.00. The first-order valence-electron chi connectivity index (χ1n) is 7.72. The fourth-order valence-electron chi connectivity index (χ4n) is 2.38. The molecule has 1 atom stereocenters. The van der Waals surface area contributed by atoms with Crippen molar-refractivity contribution in [1.82, 2.24) is 9.97 Å². The van der Waals surface area contributed by atoms with Crippen LogP contribution in [0.25, 0.3) is 11.3 Å². The van der Waals surface area contributed by atoms with Crippen LogP contribution >= 0.6 is 0 Å². The lowest BCUT2D eigenvalue weighted by molar-refractivity contribution is 0.0697. The molecule has 3 N–H and O–H groups in total. The van der Waals surface area contributed by atoms with Crippen LogP contribution < -0.4 is 10.5 Å². The van der Waals surface area contributed by atoms with Gasteiger partial charge in [0.2, 0.25) is 0 Å². The molecule has 1 heterocycles. The molecular weight excluding hydrogens is 318 g/mol. The van der Waals surface area contributed by atoms with E-state index < -0.39 is 5.97 Å². The molecule has 3 rings (SSSR count). The van der Waals surface area contributed by atoms with E-state index in [0.717, 1.165) is 5.56 Å². The summed E-state index contributed by atoms with van der Waals surface area (Å²) < 4.78 is 5.86. The van der Waals surface area contributed by atoms with E-state index in [2.05, 4.69) is 9.97 Å². The van der Waals surface area contributed by atoms with E-state index in [1.54, 1.807) is 12.1 Å². The smallest absolute Gasteiger partial charge is 0.335 e. The third-order valence-electron chi connectivity index (χ3n) is 3.73. The highest BCUT2D eigenvalue weighted by molar-refractivity contribution is 5.89. The first kappa shape index (κ1) is 16.4. The maximum atomic E-state index is 11.1. The lowest BCUT2D eigenvalue weighted by Gasteiger charge is -2.15. The molecule has 0 fully saturated rings. The van der Waals surface area contributed by atoms with Crippen molar-refractivity contribution < 1.29 is 14.6 Å². The van der Waals surface area contributed by atoms with Crippen LogP contribution in [0.3, 0.4) is 0 Å². The number of aromatic nitrogens is 2. The summed E-state index contributed by atoms with van der Waals surface area (Å²) >= 11 is 0. The van der Waals surface area contributed by atoms with Gasteiger partial charge in [-0.3, -0.25) is 0 Å². The molecule has 0 aliphatic heterocycles. The van der Waals surface area contributed by atoms with Gasteiger partial charge in [-0.1, -0.05) is 42.5 Å². The average Bonchev–Trinajstić information content (AvgIpc) is 2.64. The predicted octanol–water partition coefficient (Wildman–Crippen LogP) is 3.56. The first-order valence-corrected chi connectivity index (χ1v) is 7.72. The number of ether oxygens (including phenoxy) is 1. The molecule has 0 amide bonds. The van der Waals surface area contributed by atoms with E-state index in [1.165, 1.54) is 18.3 Å². The van der Waals surface area contributed by atoms with E-state index in [-0.39, 0.29) is 23.4 Å². The number of nitrogens with zero attached hydrogens (tertiary/aromatic N) is 2. The second-order valence-electron chi connectivity index (χ2n) is 5.50. The Hall–Kier alpha value is -3.41. The number of nitrogen functional groups attached to an aromatic ring is 1. The van der Waals surface area contributed by atoms with Crippen LogP contribution in [0.5, 0.6) is 5.88 Å². The summed E-state index contributed by atoms with van der Waals surface area (Å²) in [6.07, 6.45) is 1.24. The zero-order valence-corrected chi connectivity index (χ0v) is 13.6. The van der Waals surface area contributed by atoms with E-state index in [0.29, 0.717) is 11.3 Å². The Morgan fingerprint density at radius 3 is 2.64 bits per heavy atom. The van der Waals surface area contributed by atoms with Gasteiger partial charge in [-0.05, 0) is 24.6 Å². The normalized spacial score (nSPS) is 11.7. The Balaban J connectivity index is 1.91. The van der Waals surface area contributed by atoms with Crippen LogP contribution in [0.1, 0.15) is 28.9 Å². The fourth-order valence-corrected chi connectivity index (χ4v) is 2.38. The Bertz CT molecular complexity index is 897. The van der Waals surface area contributed by atoms with Crippen molar-refractivity contribution >= 4 is 11.8 Å². The molecule has 0 spiro atoms. The number of benzene rings is 2. The number of carbonyl (C=O) groups is 1. The lowest BCUT2D eigenvalue weighted by Crippen LogP contribution is -2.08. The summed E-state index contributed by atoms with van der Waals surface area (Å²) in [6, 6.07) is 16.2.